The van der Waals surface area contributed by atoms with E-state index in [1.165, 1.54) is 25.3 Å². The summed E-state index contributed by atoms with van der Waals surface area (Å²) in [5.41, 5.74) is 1.55. The van der Waals surface area contributed by atoms with Crippen LogP contribution in [0.25, 0.3) is 6.08 Å². The molecule has 0 radical (unpaired) electrons. The van der Waals surface area contributed by atoms with E-state index in [0.717, 1.165) is 11.8 Å². The molecule has 0 aliphatic rings. The van der Waals surface area contributed by atoms with E-state index in [9.17, 15) is 23.3 Å². The van der Waals surface area contributed by atoms with Crippen molar-refractivity contribution in [2.45, 2.75) is 30.5 Å². The molecule has 0 fully saturated rings. The number of ether oxygens (including phenoxy) is 2. The van der Waals surface area contributed by atoms with Crippen LogP contribution in [-0.2, 0) is 20.0 Å². The lowest BCUT2D eigenvalue weighted by Gasteiger charge is -2.19. The normalized spacial score (nSPS) is 11.9. The minimum atomic E-state index is -3.57. The van der Waals surface area contributed by atoms with Gasteiger partial charge in [0.1, 0.15) is 11.6 Å². The van der Waals surface area contributed by atoms with Gasteiger partial charge >= 0.3 is 5.97 Å². The van der Waals surface area contributed by atoms with E-state index in [2.05, 4.69) is 36.3 Å². The molecule has 0 atom stereocenters. The van der Waals surface area contributed by atoms with Crippen molar-refractivity contribution in [2.24, 2.45) is 0 Å². The smallest absolute Gasteiger partial charge is 0.343 e. The van der Waals surface area contributed by atoms with Crippen molar-refractivity contribution in [3.8, 4) is 17.6 Å². The highest BCUT2D eigenvalue weighted by Gasteiger charge is 2.19. The Morgan fingerprint density at radius 3 is 2.30 bits per heavy atom. The van der Waals surface area contributed by atoms with E-state index in [1.54, 1.807) is 24.3 Å². The third kappa shape index (κ3) is 6.99. The highest BCUT2D eigenvalue weighted by Crippen LogP contribution is 2.30. The van der Waals surface area contributed by atoms with Crippen molar-refractivity contribution in [1.82, 2.24) is 10.2 Å². The molecular formula is C25H24N4O6S2. The first-order chi connectivity index (χ1) is 17.3. The lowest BCUT2D eigenvalue weighted by molar-refractivity contribution is -0.112. The lowest BCUT2D eigenvalue weighted by atomic mass is 9.87. The number of esters is 1. The molecule has 0 unspecified atom stereocenters. The van der Waals surface area contributed by atoms with Gasteiger partial charge in [0.05, 0.1) is 12.7 Å². The molecule has 0 aliphatic heterocycles. The summed E-state index contributed by atoms with van der Waals surface area (Å²) >= 11 is 0.669. The zero-order valence-electron chi connectivity index (χ0n) is 20.7. The molecule has 0 aliphatic carbocycles. The van der Waals surface area contributed by atoms with Crippen LogP contribution < -0.4 is 14.8 Å². The van der Waals surface area contributed by atoms with Crippen LogP contribution in [-0.4, -0.2) is 43.9 Å². The quantitative estimate of drug-likeness (QED) is 0.154. The molecule has 1 heterocycles. The van der Waals surface area contributed by atoms with Crippen LogP contribution in [0, 0.1) is 11.3 Å². The summed E-state index contributed by atoms with van der Waals surface area (Å²) in [6.07, 6.45) is 2.27. The zero-order chi connectivity index (χ0) is 27.4. The van der Waals surface area contributed by atoms with Crippen LogP contribution in [0.4, 0.5) is 5.13 Å². The summed E-state index contributed by atoms with van der Waals surface area (Å²) in [6.45, 7) is 6.23. The molecule has 0 spiro atoms. The van der Waals surface area contributed by atoms with E-state index in [1.807, 2.05) is 12.1 Å². The van der Waals surface area contributed by atoms with Crippen molar-refractivity contribution in [2.75, 3.05) is 18.7 Å². The second kappa shape index (κ2) is 10.9. The summed E-state index contributed by atoms with van der Waals surface area (Å²) in [7, 11) is -2.18. The minimum Gasteiger partial charge on any atom is -0.493 e. The van der Waals surface area contributed by atoms with E-state index < -0.39 is 21.7 Å². The Balaban J connectivity index is 1.77. The standard InChI is InChI=1S/C25H24N4O6S2/c1-25(2,3)18-9-7-16(8-10-18)22(31)35-19-11-6-15(13-20(19)34-4)12-17(14-26)21(30)27-23-28-29-24(36-23)37(5,32)33/h6-13H,1-5H3,(H,27,28,30)/b17-12-. The highest BCUT2D eigenvalue weighted by molar-refractivity contribution is 7.92. The predicted molar refractivity (Wildman–Crippen MR) is 138 cm³/mol. The second-order valence-corrected chi connectivity index (χ2v) is 12.1. The Hall–Kier alpha value is -4.08. The van der Waals surface area contributed by atoms with Crippen molar-refractivity contribution in [1.29, 1.82) is 5.26 Å². The van der Waals surface area contributed by atoms with Crippen LogP contribution in [0.1, 0.15) is 42.3 Å². The van der Waals surface area contributed by atoms with Crippen LogP contribution in [0.3, 0.4) is 0 Å². The molecule has 192 valence electrons. The number of carbonyl (C=O) groups excluding carboxylic acids is 2. The molecular weight excluding hydrogens is 516 g/mol. The molecule has 12 heteroatoms. The van der Waals surface area contributed by atoms with Gasteiger partial charge < -0.3 is 9.47 Å². The number of nitrogens with one attached hydrogen (secondary N) is 1. The highest BCUT2D eigenvalue weighted by atomic mass is 32.2. The largest absolute Gasteiger partial charge is 0.493 e. The summed E-state index contributed by atoms with van der Waals surface area (Å²) in [4.78, 5) is 25.1. The molecule has 37 heavy (non-hydrogen) atoms. The molecule has 10 nitrogen and oxygen atoms in total. The van der Waals surface area contributed by atoms with Gasteiger partial charge in [0.15, 0.2) is 11.5 Å². The average molecular weight is 541 g/mol. The molecule has 1 aromatic heterocycles. The third-order valence-electron chi connectivity index (χ3n) is 5.00. The number of carbonyl (C=O) groups is 2. The number of sulfone groups is 1. The Morgan fingerprint density at radius 2 is 1.76 bits per heavy atom. The number of aromatic nitrogens is 2. The molecule has 0 bridgehead atoms. The van der Waals surface area contributed by atoms with E-state index in [-0.39, 0.29) is 32.0 Å². The maximum Gasteiger partial charge on any atom is 0.343 e. The van der Waals surface area contributed by atoms with Crippen molar-refractivity contribution >= 4 is 44.3 Å². The van der Waals surface area contributed by atoms with Crippen LogP contribution in [0.5, 0.6) is 11.5 Å². The van der Waals surface area contributed by atoms with Crippen molar-refractivity contribution in [3.63, 3.8) is 0 Å². The van der Waals surface area contributed by atoms with E-state index >= 15 is 0 Å². The van der Waals surface area contributed by atoms with Gasteiger partial charge in [-0.2, -0.15) is 5.26 Å². The monoisotopic (exact) mass is 540 g/mol. The number of hydrogen-bond acceptors (Lipinski definition) is 10. The van der Waals surface area contributed by atoms with Gasteiger partial charge in [-0.1, -0.05) is 50.3 Å². The van der Waals surface area contributed by atoms with Gasteiger partial charge in [0, 0.05) is 6.26 Å². The summed E-state index contributed by atoms with van der Waals surface area (Å²) < 4.78 is 33.6. The Bertz CT molecular complexity index is 1510. The number of hydrogen-bond donors (Lipinski definition) is 1. The Labute approximate surface area is 218 Å². The second-order valence-electron chi connectivity index (χ2n) is 8.90. The van der Waals surface area contributed by atoms with Crippen molar-refractivity contribution < 1.29 is 27.5 Å². The first-order valence-electron chi connectivity index (χ1n) is 10.8. The Morgan fingerprint density at radius 1 is 1.08 bits per heavy atom. The summed E-state index contributed by atoms with van der Waals surface area (Å²) in [6, 6.07) is 13.5. The first kappa shape index (κ1) is 27.5. The third-order valence-corrected chi connectivity index (χ3v) is 7.50. The van der Waals surface area contributed by atoms with E-state index in [4.69, 9.17) is 9.47 Å². The molecule has 2 aromatic carbocycles. The van der Waals surface area contributed by atoms with Gasteiger partial charge in [-0.25, -0.2) is 13.2 Å². The minimum absolute atomic E-state index is 0.0511. The lowest BCUT2D eigenvalue weighted by Crippen LogP contribution is -2.13. The van der Waals surface area contributed by atoms with Gasteiger partial charge in [-0.15, -0.1) is 10.2 Å². The molecule has 0 saturated carbocycles. The SMILES string of the molecule is COc1cc(/C=C(/C#N)C(=O)Nc2nnc(S(C)(=O)=O)s2)ccc1OC(=O)c1ccc(C(C)(C)C)cc1. The topological polar surface area (TPSA) is 148 Å². The fraction of sp³-hybridized carbons (Fsp3) is 0.240. The van der Waals surface area contributed by atoms with Crippen LogP contribution >= 0.6 is 11.3 Å². The van der Waals surface area contributed by atoms with Gasteiger partial charge in [0.25, 0.3) is 5.91 Å². The van der Waals surface area contributed by atoms with Gasteiger partial charge in [0.2, 0.25) is 19.3 Å². The zero-order valence-corrected chi connectivity index (χ0v) is 22.4. The van der Waals surface area contributed by atoms with E-state index in [0.29, 0.717) is 22.5 Å². The molecule has 3 rings (SSSR count). The Kier molecular flexibility index (Phi) is 8.10. The van der Waals surface area contributed by atoms with Gasteiger partial charge in [-0.3, -0.25) is 10.1 Å². The average Bonchev–Trinajstić information content (AvgIpc) is 3.31. The van der Waals surface area contributed by atoms with Crippen molar-refractivity contribution in [3.05, 3.63) is 64.7 Å². The summed E-state index contributed by atoms with van der Waals surface area (Å²) in [5, 5.41) is 18.9. The predicted octanol–water partition coefficient (Wildman–Crippen LogP) is 4.01. The fourth-order valence-corrected chi connectivity index (χ4v) is 4.52. The maximum absolute atomic E-state index is 12.6. The number of rotatable bonds is 7. The fourth-order valence-electron chi connectivity index (χ4n) is 3.01. The molecule has 3 aromatic rings. The first-order valence-corrected chi connectivity index (χ1v) is 13.5. The molecule has 0 saturated heterocycles. The van der Waals surface area contributed by atoms with Crippen LogP contribution in [0.15, 0.2) is 52.4 Å². The summed E-state index contributed by atoms with van der Waals surface area (Å²) in [5.74, 6) is -0.987. The number of amides is 1. The number of nitrogens with zero attached hydrogens (tertiary/aromatic N) is 3. The molecule has 1 amide bonds. The molecule has 1 N–H and O–H groups in total. The van der Waals surface area contributed by atoms with Gasteiger partial charge in [-0.05, 0) is 46.9 Å². The number of anilines is 1. The number of methoxy groups -OCH3 is 1. The van der Waals surface area contributed by atoms with Crippen LogP contribution in [0.2, 0.25) is 0 Å². The number of benzene rings is 2. The maximum atomic E-state index is 12.6. The number of nitriles is 1.